The van der Waals surface area contributed by atoms with Crippen LogP contribution in [0.3, 0.4) is 0 Å². The van der Waals surface area contributed by atoms with Crippen molar-refractivity contribution in [3.63, 3.8) is 0 Å². The third kappa shape index (κ3) is 3.16. The lowest BCUT2D eigenvalue weighted by Gasteiger charge is -2.37. The maximum atomic E-state index is 3.54. The van der Waals surface area contributed by atoms with Gasteiger partial charge in [0.2, 0.25) is 0 Å². The first-order valence-electron chi connectivity index (χ1n) is 7.58. The van der Waals surface area contributed by atoms with Gasteiger partial charge in [-0.3, -0.25) is 4.90 Å². The van der Waals surface area contributed by atoms with Crippen LogP contribution in [-0.4, -0.2) is 37.6 Å². The number of hydrogen-bond acceptors (Lipinski definition) is 2. The second-order valence-electron chi connectivity index (χ2n) is 7.24. The average molecular weight is 250 g/mol. The molecule has 0 bridgehead atoms. The first-order valence-corrected chi connectivity index (χ1v) is 7.58. The Hall–Kier alpha value is -0.340. The molecule has 18 heavy (non-hydrogen) atoms. The van der Waals surface area contributed by atoms with Crippen molar-refractivity contribution in [1.29, 1.82) is 0 Å². The lowest BCUT2D eigenvalue weighted by Crippen LogP contribution is -2.41. The highest BCUT2D eigenvalue weighted by Gasteiger charge is 2.34. The minimum absolute atomic E-state index is 0.365. The van der Waals surface area contributed by atoms with Crippen molar-refractivity contribution >= 4 is 0 Å². The molecule has 0 spiro atoms. The van der Waals surface area contributed by atoms with Crippen molar-refractivity contribution in [1.82, 2.24) is 10.2 Å². The number of rotatable bonds is 3. The van der Waals surface area contributed by atoms with E-state index in [1.807, 2.05) is 0 Å². The molecule has 0 aromatic carbocycles. The lowest BCUT2D eigenvalue weighted by atomic mass is 9.81. The lowest BCUT2D eigenvalue weighted by molar-refractivity contribution is 0.163. The molecule has 104 valence electrons. The molecule has 2 nitrogen and oxygen atoms in total. The Morgan fingerprint density at radius 3 is 2.61 bits per heavy atom. The van der Waals surface area contributed by atoms with Crippen LogP contribution in [0.15, 0.2) is 11.6 Å². The van der Waals surface area contributed by atoms with Gasteiger partial charge < -0.3 is 5.32 Å². The molecule has 0 saturated carbocycles. The van der Waals surface area contributed by atoms with E-state index in [0.717, 1.165) is 6.54 Å². The Balaban J connectivity index is 1.92. The van der Waals surface area contributed by atoms with Crippen LogP contribution in [0.1, 0.15) is 47.0 Å². The van der Waals surface area contributed by atoms with E-state index in [1.54, 1.807) is 5.57 Å². The van der Waals surface area contributed by atoms with E-state index in [-0.39, 0.29) is 0 Å². The highest BCUT2D eigenvalue weighted by atomic mass is 15.1. The Kier molecular flexibility index (Phi) is 4.18. The van der Waals surface area contributed by atoms with E-state index in [2.05, 4.69) is 44.0 Å². The molecule has 1 atom stereocenters. The van der Waals surface area contributed by atoms with Crippen LogP contribution in [0.25, 0.3) is 0 Å². The van der Waals surface area contributed by atoms with Crippen molar-refractivity contribution in [2.45, 2.75) is 47.0 Å². The van der Waals surface area contributed by atoms with Gasteiger partial charge in [-0.25, -0.2) is 0 Å². The number of nitrogens with one attached hydrogen (secondary N) is 1. The molecular weight excluding hydrogens is 220 g/mol. The summed E-state index contributed by atoms with van der Waals surface area (Å²) < 4.78 is 0. The van der Waals surface area contributed by atoms with Gasteiger partial charge in [-0.2, -0.15) is 0 Å². The van der Waals surface area contributed by atoms with Gasteiger partial charge >= 0.3 is 0 Å². The molecule has 0 radical (unpaired) electrons. The minimum atomic E-state index is 0.365. The Morgan fingerprint density at radius 2 is 2.17 bits per heavy atom. The first kappa shape index (κ1) is 14.1. The van der Waals surface area contributed by atoms with Crippen molar-refractivity contribution in [3.05, 3.63) is 11.6 Å². The van der Waals surface area contributed by atoms with Gasteiger partial charge in [0.25, 0.3) is 0 Å². The normalized spacial score (nSPS) is 30.6. The summed E-state index contributed by atoms with van der Waals surface area (Å²) in [6.45, 7) is 15.5. The van der Waals surface area contributed by atoms with Crippen LogP contribution in [0, 0.1) is 10.8 Å². The fraction of sp³-hybridized carbons (Fsp3) is 0.875. The molecule has 1 fully saturated rings. The third-order valence-corrected chi connectivity index (χ3v) is 4.90. The van der Waals surface area contributed by atoms with Gasteiger partial charge in [-0.1, -0.05) is 39.3 Å². The summed E-state index contributed by atoms with van der Waals surface area (Å²) in [7, 11) is 0. The zero-order chi connectivity index (χ0) is 13.2. The molecule has 2 aliphatic heterocycles. The van der Waals surface area contributed by atoms with Crippen LogP contribution in [0.2, 0.25) is 0 Å². The summed E-state index contributed by atoms with van der Waals surface area (Å²) >= 11 is 0. The predicted molar refractivity (Wildman–Crippen MR) is 78.8 cm³/mol. The second-order valence-corrected chi connectivity index (χ2v) is 7.24. The van der Waals surface area contributed by atoms with E-state index in [4.69, 9.17) is 0 Å². The predicted octanol–water partition coefficient (Wildman–Crippen LogP) is 3.05. The standard InChI is InChI=1S/C16H30N2/c1-5-16(8-9-17-12-16)13-18-10-6-14(7-11-18)15(2,3)4/h6,17H,5,7-13H2,1-4H3. The van der Waals surface area contributed by atoms with Gasteiger partial charge in [0.1, 0.15) is 0 Å². The molecule has 1 saturated heterocycles. The van der Waals surface area contributed by atoms with E-state index in [1.165, 1.54) is 45.4 Å². The molecule has 0 aliphatic carbocycles. The van der Waals surface area contributed by atoms with Gasteiger partial charge in [-0.15, -0.1) is 0 Å². The fourth-order valence-electron chi connectivity index (χ4n) is 3.35. The van der Waals surface area contributed by atoms with E-state index < -0.39 is 0 Å². The van der Waals surface area contributed by atoms with Crippen LogP contribution < -0.4 is 5.32 Å². The molecule has 1 unspecified atom stereocenters. The second kappa shape index (κ2) is 5.34. The molecule has 0 aromatic rings. The van der Waals surface area contributed by atoms with Gasteiger partial charge in [0.15, 0.2) is 0 Å². The van der Waals surface area contributed by atoms with E-state index in [0.29, 0.717) is 10.8 Å². The maximum absolute atomic E-state index is 3.54. The molecule has 0 amide bonds. The summed E-state index contributed by atoms with van der Waals surface area (Å²) in [5.41, 5.74) is 2.56. The fourth-order valence-corrected chi connectivity index (χ4v) is 3.35. The van der Waals surface area contributed by atoms with Gasteiger partial charge in [-0.05, 0) is 36.6 Å². The SMILES string of the molecule is CCC1(CN2CC=C(C(C)(C)C)CC2)CCNC1. The monoisotopic (exact) mass is 250 g/mol. The van der Waals surface area contributed by atoms with E-state index in [9.17, 15) is 0 Å². The van der Waals surface area contributed by atoms with Crippen LogP contribution in [0.4, 0.5) is 0 Å². The molecule has 2 rings (SSSR count). The first-order chi connectivity index (χ1) is 8.45. The highest BCUT2D eigenvalue weighted by molar-refractivity contribution is 5.14. The molecule has 0 aromatic heterocycles. The van der Waals surface area contributed by atoms with Crippen LogP contribution >= 0.6 is 0 Å². The summed E-state index contributed by atoms with van der Waals surface area (Å²) in [5, 5.41) is 3.54. The van der Waals surface area contributed by atoms with Crippen molar-refractivity contribution in [2.75, 3.05) is 32.7 Å². The topological polar surface area (TPSA) is 15.3 Å². The largest absolute Gasteiger partial charge is 0.316 e. The molecule has 1 N–H and O–H groups in total. The smallest absolute Gasteiger partial charge is 0.0166 e. The van der Waals surface area contributed by atoms with Crippen molar-refractivity contribution < 1.29 is 0 Å². The average Bonchev–Trinajstić information content (AvgIpc) is 2.78. The number of hydrogen-bond donors (Lipinski definition) is 1. The van der Waals surface area contributed by atoms with Crippen LogP contribution in [-0.2, 0) is 0 Å². The van der Waals surface area contributed by atoms with Crippen molar-refractivity contribution in [3.8, 4) is 0 Å². The molecule has 2 heteroatoms. The third-order valence-electron chi connectivity index (χ3n) is 4.90. The minimum Gasteiger partial charge on any atom is -0.316 e. The Morgan fingerprint density at radius 1 is 1.39 bits per heavy atom. The molecular formula is C16H30N2. The van der Waals surface area contributed by atoms with Gasteiger partial charge in [0.05, 0.1) is 0 Å². The zero-order valence-corrected chi connectivity index (χ0v) is 12.7. The summed E-state index contributed by atoms with van der Waals surface area (Å²) in [6.07, 6.45) is 6.41. The summed E-state index contributed by atoms with van der Waals surface area (Å²) in [5.74, 6) is 0. The highest BCUT2D eigenvalue weighted by Crippen LogP contribution is 2.34. The zero-order valence-electron chi connectivity index (χ0n) is 12.7. The number of nitrogens with zero attached hydrogens (tertiary/aromatic N) is 1. The Bertz CT molecular complexity index is 306. The maximum Gasteiger partial charge on any atom is 0.0166 e. The quantitative estimate of drug-likeness (QED) is 0.775. The molecule has 2 heterocycles. The molecule has 2 aliphatic rings. The van der Waals surface area contributed by atoms with Crippen molar-refractivity contribution in [2.24, 2.45) is 10.8 Å². The summed E-state index contributed by atoms with van der Waals surface area (Å²) in [4.78, 5) is 2.66. The summed E-state index contributed by atoms with van der Waals surface area (Å²) in [6, 6.07) is 0. The van der Waals surface area contributed by atoms with Crippen LogP contribution in [0.5, 0.6) is 0 Å². The van der Waals surface area contributed by atoms with Gasteiger partial charge in [0, 0.05) is 26.2 Å². The van der Waals surface area contributed by atoms with E-state index >= 15 is 0 Å². The Labute approximate surface area is 113 Å².